The van der Waals surface area contributed by atoms with Gasteiger partial charge < -0.3 is 14.0 Å². The van der Waals surface area contributed by atoms with Crippen molar-refractivity contribution in [3.63, 3.8) is 0 Å². The van der Waals surface area contributed by atoms with Gasteiger partial charge in [-0.05, 0) is 54.3 Å². The summed E-state index contributed by atoms with van der Waals surface area (Å²) in [4.78, 5) is 2.73. The Morgan fingerprint density at radius 1 is 0.761 bits per heavy atom. The number of thiazole rings is 1. The van der Waals surface area contributed by atoms with E-state index < -0.39 is 30.7 Å². The average Bonchev–Trinajstić information content (AvgIpc) is 3.53. The second-order valence-electron chi connectivity index (χ2n) is 11.0. The molecule has 46 heavy (non-hydrogen) atoms. The molecule has 0 fully saturated rings. The molecule has 0 bridgehead atoms. The fourth-order valence-electron chi connectivity index (χ4n) is 5.22. The van der Waals surface area contributed by atoms with Crippen LogP contribution >= 0.6 is 23.1 Å². The van der Waals surface area contributed by atoms with Crippen LogP contribution in [0.2, 0.25) is 0 Å². The second kappa shape index (κ2) is 14.3. The first kappa shape index (κ1) is 35.4. The molecule has 4 aromatic carbocycles. The zero-order valence-electron chi connectivity index (χ0n) is 25.4. The first-order valence-electron chi connectivity index (χ1n) is 14.2. The van der Waals surface area contributed by atoms with Crippen molar-refractivity contribution >= 4 is 65.3 Å². The molecule has 1 aliphatic rings. The summed E-state index contributed by atoms with van der Waals surface area (Å²) in [5.41, 5.74) is 5.43. The Morgan fingerprint density at radius 3 is 1.91 bits per heavy atom. The third-order valence-electron chi connectivity index (χ3n) is 7.79. The summed E-state index contributed by atoms with van der Waals surface area (Å²) < 4.78 is 74.9. The first-order chi connectivity index (χ1) is 21.4. The van der Waals surface area contributed by atoms with Crippen molar-refractivity contribution in [1.29, 1.82) is 0 Å². The average molecular weight is 717 g/mol. The summed E-state index contributed by atoms with van der Waals surface area (Å²) in [6.07, 6.45) is 1.88. The van der Waals surface area contributed by atoms with Crippen molar-refractivity contribution in [3.8, 4) is 22.3 Å². The number of nitrogens with zero attached hydrogens (tertiary/aromatic N) is 2. The van der Waals surface area contributed by atoms with Gasteiger partial charge in [0.2, 0.25) is 5.52 Å². The van der Waals surface area contributed by atoms with E-state index in [2.05, 4.69) is 0 Å². The van der Waals surface area contributed by atoms with Crippen molar-refractivity contribution in [2.24, 2.45) is 0 Å². The van der Waals surface area contributed by atoms with Crippen LogP contribution in [-0.4, -0.2) is 43.0 Å². The van der Waals surface area contributed by atoms with Crippen LogP contribution < -0.4 is 60.9 Å². The Balaban J connectivity index is 0.00000417. The van der Waals surface area contributed by atoms with Gasteiger partial charge in [-0.1, -0.05) is 95.9 Å². The fraction of sp³-hybridized carbons (Fsp3) is 0.182. The molecule has 8 nitrogen and oxygen atoms in total. The van der Waals surface area contributed by atoms with E-state index >= 15 is 0 Å². The minimum Gasteiger partial charge on any atom is -0.748 e. The predicted octanol–water partition coefficient (Wildman–Crippen LogP) is 3.30. The van der Waals surface area contributed by atoms with Crippen LogP contribution in [0.4, 0.5) is 5.69 Å². The van der Waals surface area contributed by atoms with Crippen LogP contribution in [0.1, 0.15) is 18.9 Å². The van der Waals surface area contributed by atoms with E-state index in [0.717, 1.165) is 43.1 Å². The summed E-state index contributed by atoms with van der Waals surface area (Å²) in [5, 5.41) is -1.01. The van der Waals surface area contributed by atoms with Gasteiger partial charge in [-0.3, -0.25) is 0 Å². The molecule has 232 valence electrons. The van der Waals surface area contributed by atoms with Crippen LogP contribution in [-0.2, 0) is 26.8 Å². The summed E-state index contributed by atoms with van der Waals surface area (Å²) in [5.74, 6) is 0. The Bertz CT molecular complexity index is 2140. The van der Waals surface area contributed by atoms with Crippen molar-refractivity contribution in [3.05, 3.63) is 107 Å². The molecule has 0 aliphatic carbocycles. The van der Waals surface area contributed by atoms with E-state index in [1.54, 1.807) is 0 Å². The van der Waals surface area contributed by atoms with Crippen LogP contribution in [0.15, 0.2) is 107 Å². The maximum atomic E-state index is 12.0. The zero-order valence-corrected chi connectivity index (χ0v) is 31.7. The van der Waals surface area contributed by atoms with E-state index in [9.17, 15) is 25.9 Å². The molecule has 6 rings (SSSR count). The molecule has 2 heterocycles. The third kappa shape index (κ3) is 7.71. The smallest absolute Gasteiger partial charge is 0.748 e. The molecule has 5 aromatic rings. The molecule has 1 aliphatic heterocycles. The van der Waals surface area contributed by atoms with Crippen molar-refractivity contribution < 1.29 is 81.9 Å². The van der Waals surface area contributed by atoms with Crippen LogP contribution in [0.3, 0.4) is 0 Å². The number of hydrogen-bond donors (Lipinski definition) is 0. The molecule has 0 saturated heterocycles. The number of hydrogen-bond acceptors (Lipinski definition) is 9. The Morgan fingerprint density at radius 2 is 1.33 bits per heavy atom. The second-order valence-corrected chi connectivity index (χ2v) is 16.7. The van der Waals surface area contributed by atoms with Gasteiger partial charge >= 0.3 is 51.4 Å². The normalized spacial score (nSPS) is 15.5. The fourth-order valence-corrected chi connectivity index (χ4v) is 8.13. The standard InChI is InChI=1S/C33H30N2O6S4.K/c1-22(44(36,37)38)20-34-28-17-26(24-9-5-3-6-10-24)13-15-30(28)42-32(34)19-33-35(21-23(2)45(39,40)41)29-18-27(14-16-31(29)43-33)25-11-7-4-8-12-25;/h3-19,22-23H,20-21H2,1-2H3,(H-,36,37,38,39,40,41);/q;+1/p-1. The number of benzene rings is 4. The summed E-state index contributed by atoms with van der Waals surface area (Å²) >= 11 is 2.88. The molecule has 13 heteroatoms. The van der Waals surface area contributed by atoms with Crippen molar-refractivity contribution in [2.75, 3.05) is 11.4 Å². The minimum absolute atomic E-state index is 0. The van der Waals surface area contributed by atoms with E-state index in [4.69, 9.17) is 0 Å². The van der Waals surface area contributed by atoms with E-state index in [0.29, 0.717) is 10.0 Å². The maximum Gasteiger partial charge on any atom is 1.00 e. The number of anilines is 1. The molecule has 1 aromatic heterocycles. The van der Waals surface area contributed by atoms with Gasteiger partial charge in [0.15, 0.2) is 6.54 Å². The monoisotopic (exact) mass is 716 g/mol. The summed E-state index contributed by atoms with van der Waals surface area (Å²) in [6, 6.07) is 31.5. The van der Waals surface area contributed by atoms with Gasteiger partial charge in [0.05, 0.1) is 32.2 Å². The van der Waals surface area contributed by atoms with Gasteiger partial charge in [-0.25, -0.2) is 16.8 Å². The number of thioether (sulfide) groups is 1. The molecular weight excluding hydrogens is 688 g/mol. The Kier molecular flexibility index (Phi) is 11.0. The molecule has 0 saturated carbocycles. The van der Waals surface area contributed by atoms with Gasteiger partial charge in [0.1, 0.15) is 20.1 Å². The number of aromatic nitrogens is 1. The van der Waals surface area contributed by atoms with E-state index in [1.807, 2.05) is 113 Å². The Hall–Kier alpha value is -1.88. The largest absolute Gasteiger partial charge is 1.00 e. The zero-order chi connectivity index (χ0) is 31.9. The summed E-state index contributed by atoms with van der Waals surface area (Å²) in [7, 11) is -9.15. The van der Waals surface area contributed by atoms with Gasteiger partial charge in [-0.15, -0.1) is 0 Å². The van der Waals surface area contributed by atoms with E-state index in [-0.39, 0.29) is 64.5 Å². The van der Waals surface area contributed by atoms with E-state index in [1.165, 1.54) is 36.9 Å². The SMILES string of the molecule is CC(CN1C(=Cc2sc3ccc(-c4ccccc4)cc3[n+]2CC(C)S(=O)(=O)[O-])Sc2ccc(-c3ccccc3)cc21)S(=O)(=O)[O-].[K+]. The molecule has 0 radical (unpaired) electrons. The maximum absolute atomic E-state index is 12.0. The summed E-state index contributed by atoms with van der Waals surface area (Å²) in [6.45, 7) is 2.67. The van der Waals surface area contributed by atoms with Crippen LogP contribution in [0, 0.1) is 0 Å². The van der Waals surface area contributed by atoms with Crippen LogP contribution in [0.25, 0.3) is 38.5 Å². The number of rotatable bonds is 9. The number of fused-ring (bicyclic) bond motifs is 2. The predicted molar refractivity (Wildman–Crippen MR) is 179 cm³/mol. The van der Waals surface area contributed by atoms with Gasteiger partial charge in [0.25, 0.3) is 5.01 Å². The molecule has 2 atom stereocenters. The topological polar surface area (TPSA) is 122 Å². The van der Waals surface area contributed by atoms with Crippen molar-refractivity contribution in [1.82, 2.24) is 0 Å². The molecule has 0 N–H and O–H groups in total. The molecular formula is C33H29KN2O6S4. The minimum atomic E-state index is -4.58. The quantitative estimate of drug-likeness (QED) is 0.130. The Labute approximate surface area is 320 Å². The molecule has 0 spiro atoms. The molecule has 0 amide bonds. The van der Waals surface area contributed by atoms with Gasteiger partial charge in [0, 0.05) is 17.5 Å². The third-order valence-corrected chi connectivity index (χ3v) is 12.3. The van der Waals surface area contributed by atoms with Crippen LogP contribution in [0.5, 0.6) is 0 Å². The van der Waals surface area contributed by atoms with Gasteiger partial charge in [-0.2, -0.15) is 4.57 Å². The first-order valence-corrected chi connectivity index (χ1v) is 18.7. The van der Waals surface area contributed by atoms with Crippen molar-refractivity contribution in [2.45, 2.75) is 35.8 Å². The molecule has 2 unspecified atom stereocenters.